The predicted molar refractivity (Wildman–Crippen MR) is 59.5 cm³/mol. The molecule has 1 fully saturated rings. The Balaban J connectivity index is 1.93. The van der Waals surface area contributed by atoms with Crippen LogP contribution in [-0.4, -0.2) is 47.0 Å². The Morgan fingerprint density at radius 1 is 1.42 bits per heavy atom. The van der Waals surface area contributed by atoms with Crippen LogP contribution in [-0.2, 0) is 11.3 Å². The molecular formula is C11H16F3N3O2. The van der Waals surface area contributed by atoms with Crippen molar-refractivity contribution in [3.05, 3.63) is 11.7 Å². The van der Waals surface area contributed by atoms with Gasteiger partial charge in [0.15, 0.2) is 11.4 Å². The van der Waals surface area contributed by atoms with Gasteiger partial charge in [-0.1, -0.05) is 19.0 Å². The number of likely N-dealkylation sites (tertiary alicyclic amines) is 1. The minimum Gasteiger partial charge on any atom is -0.366 e. The monoisotopic (exact) mass is 279 g/mol. The fraction of sp³-hybridized carbons (Fsp3) is 0.818. The zero-order chi connectivity index (χ0) is 14.3. The van der Waals surface area contributed by atoms with Gasteiger partial charge in [0.05, 0.1) is 6.54 Å². The van der Waals surface area contributed by atoms with Crippen molar-refractivity contribution >= 4 is 0 Å². The number of aromatic nitrogens is 2. The van der Waals surface area contributed by atoms with E-state index in [-0.39, 0.29) is 25.6 Å². The molecule has 0 aliphatic carbocycles. The molecular weight excluding hydrogens is 263 g/mol. The molecule has 0 spiro atoms. The third-order valence-corrected chi connectivity index (χ3v) is 3.22. The summed E-state index contributed by atoms with van der Waals surface area (Å²) in [6, 6.07) is 0. The fourth-order valence-electron chi connectivity index (χ4n) is 1.97. The van der Waals surface area contributed by atoms with Crippen molar-refractivity contribution in [2.45, 2.75) is 38.1 Å². The summed E-state index contributed by atoms with van der Waals surface area (Å²) in [4.78, 5) is 5.69. The molecule has 0 bridgehead atoms. The zero-order valence-corrected chi connectivity index (χ0v) is 11.0. The van der Waals surface area contributed by atoms with E-state index in [4.69, 9.17) is 4.52 Å². The first-order chi connectivity index (χ1) is 8.77. The summed E-state index contributed by atoms with van der Waals surface area (Å²) in [6.45, 7) is 3.61. The van der Waals surface area contributed by atoms with Crippen LogP contribution in [0.5, 0.6) is 0 Å². The molecule has 1 aromatic heterocycles. The fourth-order valence-corrected chi connectivity index (χ4v) is 1.97. The number of ether oxygens (including phenoxy) is 1. The highest BCUT2D eigenvalue weighted by molar-refractivity contribution is 5.04. The van der Waals surface area contributed by atoms with E-state index >= 15 is 0 Å². The van der Waals surface area contributed by atoms with Gasteiger partial charge in [0.25, 0.3) is 0 Å². The molecule has 0 saturated carbocycles. The first-order valence-electron chi connectivity index (χ1n) is 5.94. The van der Waals surface area contributed by atoms with Gasteiger partial charge >= 0.3 is 6.18 Å². The highest BCUT2D eigenvalue weighted by Crippen LogP contribution is 2.40. The second-order valence-corrected chi connectivity index (χ2v) is 5.04. The first-order valence-corrected chi connectivity index (χ1v) is 5.94. The molecule has 0 aromatic carbocycles. The van der Waals surface area contributed by atoms with Crippen LogP contribution < -0.4 is 0 Å². The van der Waals surface area contributed by atoms with Crippen molar-refractivity contribution in [1.29, 1.82) is 0 Å². The number of methoxy groups -OCH3 is 1. The number of nitrogens with zero attached hydrogens (tertiary/aromatic N) is 3. The second kappa shape index (κ2) is 4.75. The highest BCUT2D eigenvalue weighted by atomic mass is 19.4. The summed E-state index contributed by atoms with van der Waals surface area (Å²) < 4.78 is 47.9. The van der Waals surface area contributed by atoms with E-state index < -0.39 is 11.8 Å². The predicted octanol–water partition coefficient (Wildman–Crippen LogP) is 1.96. The molecule has 5 nitrogen and oxygen atoms in total. The number of hydrogen-bond acceptors (Lipinski definition) is 5. The molecule has 1 saturated heterocycles. The molecule has 1 aliphatic heterocycles. The van der Waals surface area contributed by atoms with Crippen LogP contribution in [0.1, 0.15) is 31.5 Å². The topological polar surface area (TPSA) is 51.4 Å². The SMILES string of the molecule is COC1(C(F)(F)F)CN(Cc2nc(C(C)C)no2)C1. The van der Waals surface area contributed by atoms with Gasteiger partial charge in [0.2, 0.25) is 5.89 Å². The van der Waals surface area contributed by atoms with E-state index in [1.807, 2.05) is 13.8 Å². The Kier molecular flexibility index (Phi) is 3.57. The summed E-state index contributed by atoms with van der Waals surface area (Å²) in [7, 11) is 1.08. The van der Waals surface area contributed by atoms with Crippen LogP contribution in [0.25, 0.3) is 0 Å². The Bertz CT molecular complexity index is 439. The van der Waals surface area contributed by atoms with Gasteiger partial charge in [-0.3, -0.25) is 4.90 Å². The molecule has 0 amide bonds. The lowest BCUT2D eigenvalue weighted by Crippen LogP contribution is -2.69. The van der Waals surface area contributed by atoms with Gasteiger partial charge in [0.1, 0.15) is 0 Å². The maximum absolute atomic E-state index is 12.8. The number of alkyl halides is 3. The first kappa shape index (κ1) is 14.3. The molecule has 1 aliphatic rings. The lowest BCUT2D eigenvalue weighted by molar-refractivity contribution is -0.312. The van der Waals surface area contributed by atoms with Gasteiger partial charge in [-0.15, -0.1) is 0 Å². The summed E-state index contributed by atoms with van der Waals surface area (Å²) in [6.07, 6.45) is -4.36. The minimum absolute atomic E-state index is 0.127. The van der Waals surface area contributed by atoms with E-state index in [1.165, 1.54) is 0 Å². The van der Waals surface area contributed by atoms with Gasteiger partial charge in [-0.05, 0) is 0 Å². The van der Waals surface area contributed by atoms with E-state index in [2.05, 4.69) is 14.9 Å². The molecule has 2 heterocycles. The molecule has 19 heavy (non-hydrogen) atoms. The van der Waals surface area contributed by atoms with Crippen molar-refractivity contribution in [2.75, 3.05) is 20.2 Å². The molecule has 1 aromatic rings. The van der Waals surface area contributed by atoms with Crippen molar-refractivity contribution in [2.24, 2.45) is 0 Å². The zero-order valence-electron chi connectivity index (χ0n) is 11.0. The molecule has 0 unspecified atom stereocenters. The number of hydrogen-bond donors (Lipinski definition) is 0. The highest BCUT2D eigenvalue weighted by Gasteiger charge is 2.62. The third-order valence-electron chi connectivity index (χ3n) is 3.22. The number of rotatable bonds is 4. The molecule has 2 rings (SSSR count). The summed E-state index contributed by atoms with van der Waals surface area (Å²) in [5.41, 5.74) is -2.06. The molecule has 8 heteroatoms. The van der Waals surface area contributed by atoms with Crippen molar-refractivity contribution in [3.63, 3.8) is 0 Å². The summed E-state index contributed by atoms with van der Waals surface area (Å²) in [5, 5.41) is 3.77. The average Bonchev–Trinajstić information content (AvgIpc) is 2.69. The standard InChI is InChI=1S/C11H16F3N3O2/c1-7(2)9-15-8(19-16-9)4-17-5-10(6-17,18-3)11(12,13)14/h7H,4-6H2,1-3H3. The third kappa shape index (κ3) is 2.59. The average molecular weight is 279 g/mol. The lowest BCUT2D eigenvalue weighted by atomic mass is 9.93. The smallest absolute Gasteiger partial charge is 0.366 e. The maximum Gasteiger partial charge on any atom is 0.419 e. The lowest BCUT2D eigenvalue weighted by Gasteiger charge is -2.48. The molecule has 0 atom stereocenters. The Labute approximate surface area is 108 Å². The summed E-state index contributed by atoms with van der Waals surface area (Å²) >= 11 is 0. The van der Waals surface area contributed by atoms with E-state index in [0.29, 0.717) is 11.7 Å². The van der Waals surface area contributed by atoms with Crippen molar-refractivity contribution in [1.82, 2.24) is 15.0 Å². The van der Waals surface area contributed by atoms with Crippen LogP contribution in [0.2, 0.25) is 0 Å². The van der Waals surface area contributed by atoms with Crippen LogP contribution in [0.15, 0.2) is 4.52 Å². The Morgan fingerprint density at radius 3 is 2.47 bits per heavy atom. The summed E-state index contributed by atoms with van der Waals surface area (Å²) in [5.74, 6) is 1.02. The van der Waals surface area contributed by atoms with E-state index in [9.17, 15) is 13.2 Å². The maximum atomic E-state index is 12.8. The molecule has 0 N–H and O–H groups in total. The van der Waals surface area contributed by atoms with E-state index in [0.717, 1.165) is 7.11 Å². The number of halogens is 3. The van der Waals surface area contributed by atoms with Gasteiger partial charge < -0.3 is 9.26 Å². The van der Waals surface area contributed by atoms with Crippen LogP contribution in [0, 0.1) is 0 Å². The normalized spacial score (nSPS) is 19.7. The van der Waals surface area contributed by atoms with Crippen LogP contribution >= 0.6 is 0 Å². The van der Waals surface area contributed by atoms with E-state index in [1.54, 1.807) is 4.90 Å². The minimum atomic E-state index is -4.36. The second-order valence-electron chi connectivity index (χ2n) is 5.04. The van der Waals surface area contributed by atoms with Gasteiger partial charge in [0, 0.05) is 26.1 Å². The van der Waals surface area contributed by atoms with Gasteiger partial charge in [-0.2, -0.15) is 18.2 Å². The Morgan fingerprint density at radius 2 is 2.05 bits per heavy atom. The van der Waals surface area contributed by atoms with Crippen LogP contribution in [0.3, 0.4) is 0 Å². The Hall–Kier alpha value is -1.15. The molecule has 108 valence electrons. The van der Waals surface area contributed by atoms with Crippen molar-refractivity contribution < 1.29 is 22.4 Å². The quantitative estimate of drug-likeness (QED) is 0.843. The molecule has 0 radical (unpaired) electrons. The van der Waals surface area contributed by atoms with Gasteiger partial charge in [-0.25, -0.2) is 0 Å². The largest absolute Gasteiger partial charge is 0.419 e. The van der Waals surface area contributed by atoms with Crippen LogP contribution in [0.4, 0.5) is 13.2 Å². The van der Waals surface area contributed by atoms with Crippen molar-refractivity contribution in [3.8, 4) is 0 Å².